The van der Waals surface area contributed by atoms with Crippen molar-refractivity contribution in [3.63, 3.8) is 0 Å². The number of thioether (sulfide) groups is 1. The van der Waals surface area contributed by atoms with Crippen molar-refractivity contribution in [2.75, 3.05) is 0 Å². The summed E-state index contributed by atoms with van der Waals surface area (Å²) >= 11 is 1.59. The van der Waals surface area contributed by atoms with Crippen molar-refractivity contribution >= 4 is 16.9 Å². The van der Waals surface area contributed by atoms with Crippen LogP contribution in [-0.4, -0.2) is 9.86 Å². The molecule has 0 aliphatic rings. The van der Waals surface area contributed by atoms with Gasteiger partial charge in [-0.15, -0.1) is 0 Å². The maximum Gasteiger partial charge on any atom is 0.192 e. The predicted octanol–water partition coefficient (Wildman–Crippen LogP) is 8.47. The smallest absolute Gasteiger partial charge is 0.192 e. The maximum atomic E-state index is 13.1. The molecule has 1 nitrogen and oxygen atoms in total. The number of carbonyl (C=O) groups is 1. The fraction of sp³-hybridized carbons (Fsp3) is 0.960. The zero-order valence-electron chi connectivity index (χ0n) is 20.8. The van der Waals surface area contributed by atoms with Crippen LogP contribution in [0.4, 0.5) is 0 Å². The summed E-state index contributed by atoms with van der Waals surface area (Å²) in [5, 5.41) is 0.374. The zero-order valence-corrected chi connectivity index (χ0v) is 21.6. The fourth-order valence-corrected chi connectivity index (χ4v) is 6.58. The maximum absolute atomic E-state index is 13.1. The standard InChI is InChI=1S/C25H50OS/c1-14-19(6)21(17(2)3)23(8,9)15-20(7)22(26)27-25(12,13)16-24(10,11)18(4)5/h17-21H,14-16H2,1-13H3. The molecular weight excluding hydrogens is 348 g/mol. The number of rotatable bonds is 11. The minimum absolute atomic E-state index is 0.0165. The van der Waals surface area contributed by atoms with E-state index >= 15 is 0 Å². The first-order valence-electron chi connectivity index (χ1n) is 11.2. The molecule has 3 unspecified atom stereocenters. The zero-order chi connectivity index (χ0) is 21.8. The van der Waals surface area contributed by atoms with E-state index in [9.17, 15) is 4.79 Å². The van der Waals surface area contributed by atoms with Gasteiger partial charge in [-0.3, -0.25) is 4.79 Å². The van der Waals surface area contributed by atoms with Crippen LogP contribution < -0.4 is 0 Å². The van der Waals surface area contributed by atoms with Gasteiger partial charge in [0.05, 0.1) is 0 Å². The molecule has 0 aromatic rings. The van der Waals surface area contributed by atoms with E-state index in [1.807, 2.05) is 0 Å². The van der Waals surface area contributed by atoms with Gasteiger partial charge in [0.15, 0.2) is 5.12 Å². The van der Waals surface area contributed by atoms with Gasteiger partial charge in [0.1, 0.15) is 0 Å². The Balaban J connectivity index is 5.13. The monoisotopic (exact) mass is 398 g/mol. The Hall–Kier alpha value is 0.0200. The van der Waals surface area contributed by atoms with E-state index in [0.29, 0.717) is 28.8 Å². The molecule has 0 saturated carbocycles. The summed E-state index contributed by atoms with van der Waals surface area (Å²) in [6.07, 6.45) is 3.25. The molecule has 0 aromatic carbocycles. The third-order valence-corrected chi connectivity index (χ3v) is 8.23. The topological polar surface area (TPSA) is 17.1 Å². The molecule has 3 atom stereocenters. The highest BCUT2D eigenvalue weighted by Gasteiger charge is 2.39. The number of hydrogen-bond acceptors (Lipinski definition) is 2. The normalized spacial score (nSPS) is 17.3. The molecule has 0 aliphatic carbocycles. The lowest BCUT2D eigenvalue weighted by molar-refractivity contribution is -0.115. The second kappa shape index (κ2) is 10.2. The minimum atomic E-state index is -0.0165. The van der Waals surface area contributed by atoms with E-state index in [-0.39, 0.29) is 21.5 Å². The van der Waals surface area contributed by atoms with Crippen molar-refractivity contribution in [3.05, 3.63) is 0 Å². The summed E-state index contributed by atoms with van der Waals surface area (Å²) < 4.78 is -0.0165. The highest BCUT2D eigenvalue weighted by Crippen LogP contribution is 2.46. The molecule has 0 rings (SSSR count). The molecule has 0 amide bonds. The molecule has 162 valence electrons. The minimum Gasteiger partial charge on any atom is -0.287 e. The number of carbonyl (C=O) groups excluding carboxylic acids is 1. The average Bonchev–Trinajstić information content (AvgIpc) is 2.43. The van der Waals surface area contributed by atoms with Gasteiger partial charge in [0, 0.05) is 10.7 Å². The Morgan fingerprint density at radius 1 is 0.852 bits per heavy atom. The van der Waals surface area contributed by atoms with Crippen molar-refractivity contribution < 1.29 is 4.79 Å². The van der Waals surface area contributed by atoms with Crippen molar-refractivity contribution in [1.82, 2.24) is 0 Å². The van der Waals surface area contributed by atoms with Gasteiger partial charge >= 0.3 is 0 Å². The largest absolute Gasteiger partial charge is 0.287 e. The second-order valence-electron chi connectivity index (χ2n) is 11.7. The Bertz CT molecular complexity index is 459. The molecule has 0 aromatic heterocycles. The molecular formula is C25H50OS. The van der Waals surface area contributed by atoms with E-state index in [2.05, 4.69) is 90.0 Å². The van der Waals surface area contributed by atoms with Gasteiger partial charge in [-0.1, -0.05) is 108 Å². The number of hydrogen-bond donors (Lipinski definition) is 0. The van der Waals surface area contributed by atoms with Gasteiger partial charge in [0.2, 0.25) is 0 Å². The van der Waals surface area contributed by atoms with Crippen molar-refractivity contribution in [2.24, 2.45) is 40.4 Å². The Morgan fingerprint density at radius 3 is 1.70 bits per heavy atom. The lowest BCUT2D eigenvalue weighted by atomic mass is 9.63. The van der Waals surface area contributed by atoms with Crippen LogP contribution in [0.15, 0.2) is 0 Å². The molecule has 0 bridgehead atoms. The van der Waals surface area contributed by atoms with Crippen LogP contribution in [0.5, 0.6) is 0 Å². The van der Waals surface area contributed by atoms with Gasteiger partial charge in [-0.2, -0.15) is 0 Å². The first-order chi connectivity index (χ1) is 12.0. The summed E-state index contributed by atoms with van der Waals surface area (Å²) in [5.41, 5.74) is 0.430. The van der Waals surface area contributed by atoms with Crippen LogP contribution in [0.1, 0.15) is 109 Å². The Kier molecular flexibility index (Phi) is 10.2. The Morgan fingerprint density at radius 2 is 1.33 bits per heavy atom. The lowest BCUT2D eigenvalue weighted by Gasteiger charge is -2.43. The van der Waals surface area contributed by atoms with Gasteiger partial charge in [0.25, 0.3) is 0 Å². The van der Waals surface area contributed by atoms with Crippen molar-refractivity contribution in [2.45, 2.75) is 114 Å². The summed E-state index contributed by atoms with van der Waals surface area (Å²) in [6.45, 7) is 30.0. The first-order valence-corrected chi connectivity index (χ1v) is 12.0. The average molecular weight is 399 g/mol. The Labute approximate surface area is 176 Å². The molecule has 0 saturated heterocycles. The van der Waals surface area contributed by atoms with E-state index in [1.165, 1.54) is 6.42 Å². The molecule has 0 fully saturated rings. The van der Waals surface area contributed by atoms with Gasteiger partial charge in [-0.25, -0.2) is 0 Å². The molecule has 0 aliphatic heterocycles. The van der Waals surface area contributed by atoms with E-state index in [0.717, 1.165) is 12.8 Å². The van der Waals surface area contributed by atoms with E-state index in [1.54, 1.807) is 11.8 Å². The van der Waals surface area contributed by atoms with Gasteiger partial charge < -0.3 is 0 Å². The van der Waals surface area contributed by atoms with Crippen LogP contribution >= 0.6 is 11.8 Å². The molecule has 2 heteroatoms. The second-order valence-corrected chi connectivity index (χ2v) is 13.5. The highest BCUT2D eigenvalue weighted by atomic mass is 32.2. The molecule has 27 heavy (non-hydrogen) atoms. The molecule has 0 spiro atoms. The highest BCUT2D eigenvalue weighted by molar-refractivity contribution is 8.14. The predicted molar refractivity (Wildman–Crippen MR) is 125 cm³/mol. The van der Waals surface area contributed by atoms with Crippen molar-refractivity contribution in [1.29, 1.82) is 0 Å². The van der Waals surface area contributed by atoms with Crippen LogP contribution in [0.3, 0.4) is 0 Å². The van der Waals surface area contributed by atoms with E-state index in [4.69, 9.17) is 0 Å². The summed E-state index contributed by atoms with van der Waals surface area (Å²) in [7, 11) is 0. The SMILES string of the molecule is CCC(C)C(C(C)C)C(C)(C)CC(C)C(=O)SC(C)(C)CC(C)(C)C(C)C. The third kappa shape index (κ3) is 8.50. The van der Waals surface area contributed by atoms with Crippen LogP contribution in [0.25, 0.3) is 0 Å². The lowest BCUT2D eigenvalue weighted by Crippen LogP contribution is -2.36. The quantitative estimate of drug-likeness (QED) is 0.347. The molecule has 0 radical (unpaired) electrons. The van der Waals surface area contributed by atoms with Crippen LogP contribution in [0.2, 0.25) is 0 Å². The fourth-order valence-electron chi connectivity index (χ4n) is 5.30. The van der Waals surface area contributed by atoms with E-state index < -0.39 is 0 Å². The summed E-state index contributed by atoms with van der Waals surface area (Å²) in [6, 6.07) is 0. The molecule has 0 N–H and O–H groups in total. The summed E-state index contributed by atoms with van der Waals surface area (Å²) in [5.74, 6) is 2.71. The van der Waals surface area contributed by atoms with Crippen molar-refractivity contribution in [3.8, 4) is 0 Å². The molecule has 0 heterocycles. The van der Waals surface area contributed by atoms with Crippen LogP contribution in [-0.2, 0) is 4.79 Å². The summed E-state index contributed by atoms with van der Waals surface area (Å²) in [4.78, 5) is 13.1. The van der Waals surface area contributed by atoms with Gasteiger partial charge in [-0.05, 0) is 47.3 Å². The first kappa shape index (κ1) is 27.0. The van der Waals surface area contributed by atoms with Crippen LogP contribution in [0, 0.1) is 40.4 Å². The third-order valence-electron chi connectivity index (χ3n) is 6.93.